The van der Waals surface area contributed by atoms with Gasteiger partial charge in [0.05, 0.1) is 18.6 Å². The molecule has 3 rings (SSSR count). The van der Waals surface area contributed by atoms with Gasteiger partial charge in [0.15, 0.2) is 6.29 Å². The van der Waals surface area contributed by atoms with E-state index in [0.29, 0.717) is 11.5 Å². The van der Waals surface area contributed by atoms with E-state index >= 15 is 0 Å². The molecule has 0 bridgehead atoms. The van der Waals surface area contributed by atoms with Crippen molar-refractivity contribution < 1.29 is 34.0 Å². The largest absolute Gasteiger partial charge is 0.466 e. The number of hydrogen-bond donors (Lipinski definition) is 3. The van der Waals surface area contributed by atoms with Crippen molar-refractivity contribution in [3.63, 3.8) is 0 Å². The average Bonchev–Trinajstić information content (AvgIpc) is 3.18. The Morgan fingerprint density at radius 2 is 2.13 bits per heavy atom. The Morgan fingerprint density at radius 1 is 1.35 bits per heavy atom. The number of ether oxygens (including phenoxy) is 2. The maximum absolute atomic E-state index is 12.1. The Morgan fingerprint density at radius 3 is 2.78 bits per heavy atom. The summed E-state index contributed by atoms with van der Waals surface area (Å²) in [6.07, 6.45) is -4.50. The van der Waals surface area contributed by atoms with Gasteiger partial charge in [0.1, 0.15) is 35.5 Å². The van der Waals surface area contributed by atoms with Crippen molar-refractivity contribution in [3.8, 4) is 0 Å². The smallest absolute Gasteiger partial charge is 0.234 e. The third kappa shape index (κ3) is 3.12. The molecule has 3 N–H and O–H groups in total. The summed E-state index contributed by atoms with van der Waals surface area (Å²) in [4.78, 5) is 13.7. The van der Waals surface area contributed by atoms with Crippen molar-refractivity contribution in [1.29, 1.82) is 0 Å². The molecule has 1 aromatic heterocycles. The van der Waals surface area contributed by atoms with Crippen molar-refractivity contribution in [3.05, 3.63) is 24.2 Å². The highest BCUT2D eigenvalue weighted by Crippen LogP contribution is 2.39. The zero-order valence-corrected chi connectivity index (χ0v) is 13.3. The number of furan rings is 1. The van der Waals surface area contributed by atoms with E-state index in [9.17, 15) is 20.1 Å². The minimum Gasteiger partial charge on any atom is -0.466 e. The van der Waals surface area contributed by atoms with Gasteiger partial charge in [0.2, 0.25) is 5.91 Å². The SMILES string of the molecule is CO[C@H]1O[C@H](CN2C(=O)CS[C@@H]2c2ccco2)[C@@H](O)[C@H](O)[C@H]1O. The van der Waals surface area contributed by atoms with E-state index in [1.54, 1.807) is 12.1 Å². The van der Waals surface area contributed by atoms with Gasteiger partial charge < -0.3 is 34.1 Å². The van der Waals surface area contributed by atoms with E-state index < -0.39 is 30.7 Å². The number of hydrogen-bond acceptors (Lipinski definition) is 8. The number of thioether (sulfide) groups is 1. The minimum atomic E-state index is -1.41. The van der Waals surface area contributed by atoms with Crippen molar-refractivity contribution in [2.24, 2.45) is 0 Å². The van der Waals surface area contributed by atoms with Gasteiger partial charge in [-0.1, -0.05) is 0 Å². The number of methoxy groups -OCH3 is 1. The molecule has 23 heavy (non-hydrogen) atoms. The molecule has 1 amide bonds. The van der Waals surface area contributed by atoms with Crippen LogP contribution in [0.25, 0.3) is 0 Å². The molecule has 1 aromatic rings. The number of carbonyl (C=O) groups excluding carboxylic acids is 1. The fourth-order valence-corrected chi connectivity index (χ4v) is 3.92. The Balaban J connectivity index is 1.75. The van der Waals surface area contributed by atoms with Crippen LogP contribution in [0.2, 0.25) is 0 Å². The van der Waals surface area contributed by atoms with E-state index in [2.05, 4.69) is 0 Å². The first kappa shape index (κ1) is 16.7. The Bertz CT molecular complexity index is 537. The predicted octanol–water partition coefficient (Wildman–Crippen LogP) is -0.692. The Labute approximate surface area is 137 Å². The van der Waals surface area contributed by atoms with Crippen LogP contribution in [-0.2, 0) is 14.3 Å². The zero-order chi connectivity index (χ0) is 16.6. The summed E-state index contributed by atoms with van der Waals surface area (Å²) in [6.45, 7) is 0.0575. The molecular weight excluding hydrogens is 326 g/mol. The third-order valence-electron chi connectivity index (χ3n) is 4.03. The molecular formula is C14H19NO7S. The van der Waals surface area contributed by atoms with Gasteiger partial charge in [-0.05, 0) is 12.1 Å². The molecule has 128 valence electrons. The highest BCUT2D eigenvalue weighted by atomic mass is 32.2. The number of rotatable bonds is 4. The standard InChI is InChI=1S/C14H19NO7S/c1-20-14-12(19)11(18)10(17)8(22-14)5-15-9(16)6-23-13(15)7-3-2-4-21-7/h2-4,8,10-14,17-19H,5-6H2,1H3/t8-,10-,11+,12-,13-,14+/m1/s1. The summed E-state index contributed by atoms with van der Waals surface area (Å²) in [5.74, 6) is 0.823. The lowest BCUT2D eigenvalue weighted by atomic mass is 9.98. The quantitative estimate of drug-likeness (QED) is 0.657. The molecule has 2 aliphatic heterocycles. The fourth-order valence-electron chi connectivity index (χ4n) is 2.78. The highest BCUT2D eigenvalue weighted by Gasteiger charge is 2.46. The first-order chi connectivity index (χ1) is 11.0. The molecule has 0 unspecified atom stereocenters. The van der Waals surface area contributed by atoms with E-state index in [1.165, 1.54) is 30.0 Å². The van der Waals surface area contributed by atoms with Crippen LogP contribution in [-0.4, -0.2) is 76.2 Å². The van der Waals surface area contributed by atoms with Crippen LogP contribution < -0.4 is 0 Å². The lowest BCUT2D eigenvalue weighted by Crippen LogP contribution is -2.60. The molecule has 0 aliphatic carbocycles. The fraction of sp³-hybridized carbons (Fsp3) is 0.643. The lowest BCUT2D eigenvalue weighted by molar-refractivity contribution is -0.291. The average molecular weight is 345 g/mol. The maximum atomic E-state index is 12.1. The van der Waals surface area contributed by atoms with Crippen LogP contribution in [0, 0.1) is 0 Å². The van der Waals surface area contributed by atoms with Gasteiger partial charge >= 0.3 is 0 Å². The van der Waals surface area contributed by atoms with E-state index in [0.717, 1.165) is 0 Å². The van der Waals surface area contributed by atoms with E-state index in [1.807, 2.05) is 0 Å². The maximum Gasteiger partial charge on any atom is 0.234 e. The Hall–Kier alpha value is -1.10. The van der Waals surface area contributed by atoms with Crippen LogP contribution >= 0.6 is 11.8 Å². The number of aliphatic hydroxyl groups excluding tert-OH is 3. The van der Waals surface area contributed by atoms with Crippen LogP contribution in [0.1, 0.15) is 11.1 Å². The summed E-state index contributed by atoms with van der Waals surface area (Å²) < 4.78 is 15.8. The molecule has 2 aliphatic rings. The molecule has 0 aromatic carbocycles. The zero-order valence-electron chi connectivity index (χ0n) is 12.4. The summed E-state index contributed by atoms with van der Waals surface area (Å²) in [6, 6.07) is 3.52. The molecule has 2 fully saturated rings. The number of amides is 1. The van der Waals surface area contributed by atoms with Crippen molar-refractivity contribution in [1.82, 2.24) is 4.90 Å². The third-order valence-corrected chi connectivity index (χ3v) is 5.25. The number of carbonyl (C=O) groups is 1. The van der Waals surface area contributed by atoms with Crippen LogP contribution in [0.4, 0.5) is 0 Å². The molecule has 0 spiro atoms. The molecule has 9 heteroatoms. The molecule has 0 saturated carbocycles. The second kappa shape index (κ2) is 6.80. The highest BCUT2D eigenvalue weighted by molar-refractivity contribution is 8.00. The molecule has 6 atom stereocenters. The van der Waals surface area contributed by atoms with Gasteiger partial charge in [-0.15, -0.1) is 11.8 Å². The van der Waals surface area contributed by atoms with Gasteiger partial charge in [-0.2, -0.15) is 0 Å². The molecule has 3 heterocycles. The van der Waals surface area contributed by atoms with Crippen LogP contribution in [0.15, 0.2) is 22.8 Å². The second-order valence-electron chi connectivity index (χ2n) is 5.48. The second-order valence-corrected chi connectivity index (χ2v) is 6.54. The summed E-state index contributed by atoms with van der Waals surface area (Å²) in [5, 5.41) is 29.5. The van der Waals surface area contributed by atoms with E-state index in [-0.39, 0.29) is 17.8 Å². The molecule has 0 radical (unpaired) electrons. The number of nitrogens with zero attached hydrogens (tertiary/aromatic N) is 1. The molecule has 2 saturated heterocycles. The first-order valence-corrected chi connectivity index (χ1v) is 8.24. The van der Waals surface area contributed by atoms with Gasteiger partial charge in [-0.3, -0.25) is 4.79 Å². The van der Waals surface area contributed by atoms with Crippen LogP contribution in [0.3, 0.4) is 0 Å². The summed E-state index contributed by atoms with van der Waals surface area (Å²) in [7, 11) is 1.33. The summed E-state index contributed by atoms with van der Waals surface area (Å²) >= 11 is 1.42. The Kier molecular flexibility index (Phi) is 4.95. The van der Waals surface area contributed by atoms with Gasteiger partial charge in [-0.25, -0.2) is 0 Å². The van der Waals surface area contributed by atoms with E-state index in [4.69, 9.17) is 13.9 Å². The predicted molar refractivity (Wildman–Crippen MR) is 79.3 cm³/mol. The monoisotopic (exact) mass is 345 g/mol. The first-order valence-electron chi connectivity index (χ1n) is 7.20. The van der Waals surface area contributed by atoms with Gasteiger partial charge in [0, 0.05) is 7.11 Å². The van der Waals surface area contributed by atoms with Crippen molar-refractivity contribution in [2.45, 2.75) is 36.1 Å². The van der Waals surface area contributed by atoms with Gasteiger partial charge in [0.25, 0.3) is 0 Å². The normalized spacial score (nSPS) is 38.3. The molecule has 8 nitrogen and oxygen atoms in total. The summed E-state index contributed by atoms with van der Waals surface area (Å²) in [5.41, 5.74) is 0. The topological polar surface area (TPSA) is 113 Å². The van der Waals surface area contributed by atoms with Crippen molar-refractivity contribution >= 4 is 17.7 Å². The van der Waals surface area contributed by atoms with Crippen LogP contribution in [0.5, 0.6) is 0 Å². The van der Waals surface area contributed by atoms with Crippen molar-refractivity contribution in [2.75, 3.05) is 19.4 Å². The minimum absolute atomic E-state index is 0.0575. The lowest BCUT2D eigenvalue weighted by Gasteiger charge is -2.41. The number of aliphatic hydroxyl groups is 3.